The van der Waals surface area contributed by atoms with Crippen molar-refractivity contribution in [2.24, 2.45) is 5.92 Å². The molecule has 0 spiro atoms. The summed E-state index contributed by atoms with van der Waals surface area (Å²) in [5.74, 6) is -1.64. The zero-order chi connectivity index (χ0) is 25.9. The highest BCUT2D eigenvalue weighted by atomic mass is 32.2. The molecular formula is C29H23NO6S. The zero-order valence-corrected chi connectivity index (χ0v) is 20.9. The molecule has 6 rings (SSSR count). The lowest BCUT2D eigenvalue weighted by atomic mass is 10.0. The number of rotatable bonds is 6. The maximum absolute atomic E-state index is 12.9. The number of carboxylic acids is 1. The van der Waals surface area contributed by atoms with E-state index >= 15 is 0 Å². The van der Waals surface area contributed by atoms with Gasteiger partial charge >= 0.3 is 5.97 Å². The Balaban J connectivity index is 1.41. The predicted molar refractivity (Wildman–Crippen MR) is 143 cm³/mol. The van der Waals surface area contributed by atoms with Gasteiger partial charge < -0.3 is 13.9 Å². The lowest BCUT2D eigenvalue weighted by molar-refractivity contribution is -0.140. The maximum Gasteiger partial charge on any atom is 0.322 e. The van der Waals surface area contributed by atoms with Gasteiger partial charge in [-0.2, -0.15) is 4.72 Å². The Kier molecular flexibility index (Phi) is 5.33. The molecule has 0 unspecified atom stereocenters. The molecule has 0 aliphatic carbocycles. The fourth-order valence-corrected chi connectivity index (χ4v) is 6.07. The monoisotopic (exact) mass is 513 g/mol. The van der Waals surface area contributed by atoms with Gasteiger partial charge in [-0.3, -0.25) is 4.79 Å². The molecule has 6 aromatic rings. The Morgan fingerprint density at radius 2 is 1.30 bits per heavy atom. The Bertz CT molecular complexity index is 1950. The van der Waals surface area contributed by atoms with E-state index in [1.54, 1.807) is 19.9 Å². The van der Waals surface area contributed by atoms with E-state index in [0.29, 0.717) is 11.2 Å². The van der Waals surface area contributed by atoms with Crippen LogP contribution in [0, 0.1) is 5.92 Å². The van der Waals surface area contributed by atoms with Crippen molar-refractivity contribution in [1.82, 2.24) is 4.72 Å². The van der Waals surface area contributed by atoms with Crippen LogP contribution in [-0.4, -0.2) is 25.5 Å². The van der Waals surface area contributed by atoms with E-state index in [1.165, 1.54) is 12.1 Å². The fraction of sp³-hybridized carbons (Fsp3) is 0.138. The van der Waals surface area contributed by atoms with Crippen molar-refractivity contribution >= 4 is 59.9 Å². The molecule has 0 fully saturated rings. The van der Waals surface area contributed by atoms with E-state index in [2.05, 4.69) is 10.8 Å². The van der Waals surface area contributed by atoms with Gasteiger partial charge in [0.15, 0.2) is 0 Å². The van der Waals surface area contributed by atoms with Gasteiger partial charge in [0.2, 0.25) is 10.0 Å². The van der Waals surface area contributed by atoms with E-state index in [1.807, 2.05) is 54.6 Å². The standard InChI is InChI=1S/C29H23NO6S/c1-16(2)28(29(31)32)30-37(33,34)19-9-10-21-23-14-18(8-12-26(23)36-27(21)15-19)17-7-11-25-22(13-17)20-5-3-4-6-24(20)35-25/h3-16,28,30H,1-2H3,(H,31,32)/t28-/m0/s1. The van der Waals surface area contributed by atoms with E-state index in [-0.39, 0.29) is 4.90 Å². The summed E-state index contributed by atoms with van der Waals surface area (Å²) in [5.41, 5.74) is 4.71. The summed E-state index contributed by atoms with van der Waals surface area (Å²) in [6.45, 7) is 3.29. The number of hydrogen-bond acceptors (Lipinski definition) is 5. The molecule has 2 heterocycles. The lowest BCUT2D eigenvalue weighted by Gasteiger charge is -2.17. The second kappa shape index (κ2) is 8.47. The van der Waals surface area contributed by atoms with Crippen molar-refractivity contribution in [2.45, 2.75) is 24.8 Å². The van der Waals surface area contributed by atoms with Crippen LogP contribution in [0.5, 0.6) is 0 Å². The normalized spacial score (nSPS) is 13.3. The second-order valence-electron chi connectivity index (χ2n) is 9.46. The Labute approximate surface area is 212 Å². The van der Waals surface area contributed by atoms with Gasteiger partial charge in [0.1, 0.15) is 28.4 Å². The molecule has 186 valence electrons. The van der Waals surface area contributed by atoms with E-state index in [9.17, 15) is 18.3 Å². The minimum Gasteiger partial charge on any atom is -0.480 e. The topological polar surface area (TPSA) is 110 Å². The summed E-state index contributed by atoms with van der Waals surface area (Å²) in [6, 6.07) is 23.2. The predicted octanol–water partition coefficient (Wildman–Crippen LogP) is 6.54. The summed E-state index contributed by atoms with van der Waals surface area (Å²) >= 11 is 0. The van der Waals surface area contributed by atoms with Crippen LogP contribution in [0.4, 0.5) is 0 Å². The highest BCUT2D eigenvalue weighted by molar-refractivity contribution is 7.89. The number of nitrogens with one attached hydrogen (secondary N) is 1. The first-order valence-corrected chi connectivity index (χ1v) is 13.3. The van der Waals surface area contributed by atoms with Crippen LogP contribution >= 0.6 is 0 Å². The summed E-state index contributed by atoms with van der Waals surface area (Å²) in [7, 11) is -4.06. The molecule has 2 N–H and O–H groups in total. The molecule has 4 aromatic carbocycles. The van der Waals surface area contributed by atoms with Crippen LogP contribution in [0.2, 0.25) is 0 Å². The fourth-order valence-electron chi connectivity index (χ4n) is 4.72. The van der Waals surface area contributed by atoms with Gasteiger partial charge in [-0.25, -0.2) is 8.42 Å². The van der Waals surface area contributed by atoms with Crippen molar-refractivity contribution in [3.8, 4) is 11.1 Å². The molecule has 0 saturated heterocycles. The van der Waals surface area contributed by atoms with Crippen LogP contribution in [0.1, 0.15) is 13.8 Å². The lowest BCUT2D eigenvalue weighted by Crippen LogP contribution is -2.44. The third-order valence-corrected chi connectivity index (χ3v) is 8.12. The molecule has 0 amide bonds. The molecule has 7 nitrogen and oxygen atoms in total. The number of carbonyl (C=O) groups is 1. The molecule has 37 heavy (non-hydrogen) atoms. The summed E-state index contributed by atoms with van der Waals surface area (Å²) in [6.07, 6.45) is 0. The van der Waals surface area contributed by atoms with Gasteiger partial charge in [0, 0.05) is 27.6 Å². The number of benzene rings is 4. The van der Waals surface area contributed by atoms with Gasteiger partial charge in [-0.05, 0) is 59.5 Å². The summed E-state index contributed by atoms with van der Waals surface area (Å²) in [4.78, 5) is 11.4. The van der Waals surface area contributed by atoms with Crippen molar-refractivity contribution in [2.75, 3.05) is 0 Å². The minimum absolute atomic E-state index is 0.0523. The number of hydrogen-bond donors (Lipinski definition) is 2. The number of sulfonamides is 1. The Hall–Kier alpha value is -4.14. The Morgan fingerprint density at radius 1 is 0.730 bits per heavy atom. The molecule has 0 saturated carbocycles. The number of aliphatic carboxylic acids is 1. The average Bonchev–Trinajstić information content (AvgIpc) is 3.43. The number of para-hydroxylation sites is 1. The van der Waals surface area contributed by atoms with Gasteiger partial charge in [-0.1, -0.05) is 44.2 Å². The molecule has 0 aliphatic rings. The highest BCUT2D eigenvalue weighted by Crippen LogP contribution is 2.36. The van der Waals surface area contributed by atoms with Gasteiger partial charge in [0.25, 0.3) is 0 Å². The van der Waals surface area contributed by atoms with E-state index in [0.717, 1.165) is 43.8 Å². The summed E-state index contributed by atoms with van der Waals surface area (Å²) < 4.78 is 40.0. The van der Waals surface area contributed by atoms with Crippen LogP contribution in [-0.2, 0) is 14.8 Å². The smallest absolute Gasteiger partial charge is 0.322 e. The molecule has 1 atom stereocenters. The number of furan rings is 2. The van der Waals surface area contributed by atoms with Crippen molar-refractivity contribution in [3.05, 3.63) is 78.9 Å². The van der Waals surface area contributed by atoms with Crippen LogP contribution in [0.15, 0.2) is 92.6 Å². The number of fused-ring (bicyclic) bond motifs is 6. The van der Waals surface area contributed by atoms with Crippen molar-refractivity contribution in [1.29, 1.82) is 0 Å². The molecular weight excluding hydrogens is 490 g/mol. The number of carboxylic acid groups (broad SMARTS) is 1. The highest BCUT2D eigenvalue weighted by Gasteiger charge is 2.28. The first kappa shape index (κ1) is 23.3. The van der Waals surface area contributed by atoms with E-state index < -0.39 is 28.0 Å². The maximum atomic E-state index is 12.9. The van der Waals surface area contributed by atoms with Gasteiger partial charge in [0.05, 0.1) is 4.90 Å². The molecule has 0 aliphatic heterocycles. The molecule has 0 bridgehead atoms. The summed E-state index contributed by atoms with van der Waals surface area (Å²) in [5, 5.41) is 13.1. The van der Waals surface area contributed by atoms with Crippen molar-refractivity contribution in [3.63, 3.8) is 0 Å². The Morgan fingerprint density at radius 3 is 1.92 bits per heavy atom. The molecule has 0 radical (unpaired) electrons. The quantitative estimate of drug-likeness (QED) is 0.262. The second-order valence-corrected chi connectivity index (χ2v) is 11.2. The van der Waals surface area contributed by atoms with Crippen LogP contribution in [0.3, 0.4) is 0 Å². The van der Waals surface area contributed by atoms with Gasteiger partial charge in [-0.15, -0.1) is 0 Å². The zero-order valence-electron chi connectivity index (χ0n) is 20.1. The van der Waals surface area contributed by atoms with Crippen LogP contribution in [0.25, 0.3) is 55.0 Å². The third kappa shape index (κ3) is 3.94. The SMILES string of the molecule is CC(C)[C@H](NS(=O)(=O)c1ccc2c(c1)oc1ccc(-c3ccc4oc5ccccc5c4c3)cc12)C(=O)O. The minimum atomic E-state index is -4.06. The van der Waals surface area contributed by atoms with Crippen LogP contribution < -0.4 is 4.72 Å². The first-order chi connectivity index (χ1) is 17.7. The third-order valence-electron chi connectivity index (χ3n) is 6.68. The molecule has 2 aromatic heterocycles. The van der Waals surface area contributed by atoms with Crippen molar-refractivity contribution < 1.29 is 27.2 Å². The molecule has 8 heteroatoms. The largest absolute Gasteiger partial charge is 0.480 e. The average molecular weight is 514 g/mol. The van der Waals surface area contributed by atoms with E-state index in [4.69, 9.17) is 8.83 Å². The first-order valence-electron chi connectivity index (χ1n) is 11.8.